The molecule has 1 amide bonds. The van der Waals surface area contributed by atoms with Gasteiger partial charge in [0, 0.05) is 25.9 Å². The summed E-state index contributed by atoms with van der Waals surface area (Å²) < 4.78 is 11.4. The lowest BCUT2D eigenvalue weighted by Gasteiger charge is -2.43. The summed E-state index contributed by atoms with van der Waals surface area (Å²) >= 11 is 0. The number of ether oxygens (including phenoxy) is 1. The standard InChI is InChI=1S/C19H19NO4/c1-13-4-5-16-14(11-13)15(21)12-19(24-16)6-8-20(9-7-19)18(22)17-3-2-10-23-17/h2-5,10-11H,6-9,12H2,1H3. The first-order valence-electron chi connectivity index (χ1n) is 8.22. The Kier molecular flexibility index (Phi) is 3.44. The fourth-order valence-electron chi connectivity index (χ4n) is 3.56. The van der Waals surface area contributed by atoms with Gasteiger partial charge in [-0.15, -0.1) is 0 Å². The Hall–Kier alpha value is -2.56. The number of likely N-dealkylation sites (tertiary alicyclic amines) is 1. The molecule has 0 saturated carbocycles. The number of Topliss-reactive ketones (excluding diaryl/α,β-unsaturated/α-hetero) is 1. The van der Waals surface area contributed by atoms with Crippen molar-refractivity contribution in [2.45, 2.75) is 31.8 Å². The summed E-state index contributed by atoms with van der Waals surface area (Å²) in [5.41, 5.74) is 1.24. The lowest BCUT2D eigenvalue weighted by atomic mass is 9.82. The van der Waals surface area contributed by atoms with Crippen LogP contribution < -0.4 is 4.74 Å². The van der Waals surface area contributed by atoms with Gasteiger partial charge in [0.15, 0.2) is 11.5 Å². The molecule has 5 nitrogen and oxygen atoms in total. The number of hydrogen-bond donors (Lipinski definition) is 0. The fourth-order valence-corrected chi connectivity index (χ4v) is 3.56. The molecule has 0 N–H and O–H groups in total. The molecule has 124 valence electrons. The number of benzene rings is 1. The highest BCUT2D eigenvalue weighted by molar-refractivity contribution is 6.00. The monoisotopic (exact) mass is 325 g/mol. The molecule has 2 aromatic rings. The van der Waals surface area contributed by atoms with E-state index in [0.29, 0.717) is 49.4 Å². The average molecular weight is 325 g/mol. The van der Waals surface area contributed by atoms with E-state index in [2.05, 4.69) is 0 Å². The molecule has 5 heteroatoms. The molecule has 1 aromatic heterocycles. The van der Waals surface area contributed by atoms with Gasteiger partial charge in [-0.3, -0.25) is 9.59 Å². The van der Waals surface area contributed by atoms with E-state index in [9.17, 15) is 9.59 Å². The van der Waals surface area contributed by atoms with E-state index in [1.165, 1.54) is 6.26 Å². The largest absolute Gasteiger partial charge is 0.486 e. The van der Waals surface area contributed by atoms with Crippen molar-refractivity contribution >= 4 is 11.7 Å². The maximum atomic E-state index is 12.5. The summed E-state index contributed by atoms with van der Waals surface area (Å²) in [6.07, 6.45) is 3.18. The molecule has 1 saturated heterocycles. The zero-order valence-corrected chi connectivity index (χ0v) is 13.6. The van der Waals surface area contributed by atoms with Crippen molar-refractivity contribution in [3.05, 3.63) is 53.5 Å². The lowest BCUT2D eigenvalue weighted by molar-refractivity contribution is -0.00643. The highest BCUT2D eigenvalue weighted by Gasteiger charge is 2.43. The summed E-state index contributed by atoms with van der Waals surface area (Å²) in [7, 11) is 0. The number of furan rings is 1. The molecule has 4 rings (SSSR count). The van der Waals surface area contributed by atoms with E-state index < -0.39 is 5.60 Å². The van der Waals surface area contributed by atoms with Crippen LogP contribution in [0.2, 0.25) is 0 Å². The summed E-state index contributed by atoms with van der Waals surface area (Å²) in [5.74, 6) is 1.05. The fraction of sp³-hybridized carbons (Fsp3) is 0.368. The molecule has 1 fully saturated rings. The second-order valence-corrected chi connectivity index (χ2v) is 6.65. The molecule has 2 aliphatic heterocycles. The molecular weight excluding hydrogens is 306 g/mol. The van der Waals surface area contributed by atoms with Gasteiger partial charge in [-0.25, -0.2) is 0 Å². The number of ketones is 1. The molecule has 0 bridgehead atoms. The van der Waals surface area contributed by atoms with Crippen LogP contribution in [0.25, 0.3) is 0 Å². The first-order valence-corrected chi connectivity index (χ1v) is 8.22. The zero-order chi connectivity index (χ0) is 16.7. The molecule has 24 heavy (non-hydrogen) atoms. The predicted molar refractivity (Wildman–Crippen MR) is 87.3 cm³/mol. The zero-order valence-electron chi connectivity index (χ0n) is 13.6. The molecule has 0 unspecified atom stereocenters. The van der Waals surface area contributed by atoms with E-state index in [1.54, 1.807) is 17.0 Å². The highest BCUT2D eigenvalue weighted by Crippen LogP contribution is 2.39. The number of fused-ring (bicyclic) bond motifs is 1. The molecule has 3 heterocycles. The summed E-state index contributed by atoms with van der Waals surface area (Å²) in [6, 6.07) is 9.11. The minimum Gasteiger partial charge on any atom is -0.486 e. The van der Waals surface area contributed by atoms with Crippen molar-refractivity contribution in [1.29, 1.82) is 0 Å². The molecule has 0 atom stereocenters. The van der Waals surface area contributed by atoms with E-state index in [0.717, 1.165) is 5.56 Å². The minimum absolute atomic E-state index is 0.104. The molecule has 1 spiro atoms. The first kappa shape index (κ1) is 15.0. The third-order valence-corrected chi connectivity index (χ3v) is 4.94. The van der Waals surface area contributed by atoms with Crippen molar-refractivity contribution in [3.8, 4) is 5.75 Å². The summed E-state index contributed by atoms with van der Waals surface area (Å²) in [6.45, 7) is 3.10. The quantitative estimate of drug-likeness (QED) is 0.808. The normalized spacial score (nSPS) is 19.0. The van der Waals surface area contributed by atoms with Crippen molar-refractivity contribution < 1.29 is 18.7 Å². The van der Waals surface area contributed by atoms with Gasteiger partial charge in [-0.2, -0.15) is 0 Å². The van der Waals surface area contributed by atoms with Gasteiger partial charge in [0.05, 0.1) is 18.2 Å². The predicted octanol–water partition coefficient (Wildman–Crippen LogP) is 3.23. The maximum absolute atomic E-state index is 12.5. The van der Waals surface area contributed by atoms with E-state index in [-0.39, 0.29) is 11.7 Å². The number of hydrogen-bond acceptors (Lipinski definition) is 4. The molecule has 2 aliphatic rings. The van der Waals surface area contributed by atoms with Crippen LogP contribution in [-0.4, -0.2) is 35.3 Å². The SMILES string of the molecule is Cc1ccc2c(c1)C(=O)CC1(CCN(C(=O)c3ccco3)CC1)O2. The summed E-state index contributed by atoms with van der Waals surface area (Å²) in [4.78, 5) is 26.7. The van der Waals surface area contributed by atoms with Gasteiger partial charge in [0.25, 0.3) is 5.91 Å². The van der Waals surface area contributed by atoms with Crippen LogP contribution in [0.15, 0.2) is 41.0 Å². The Labute approximate surface area is 140 Å². The Balaban J connectivity index is 1.50. The molecule has 0 radical (unpaired) electrons. The van der Waals surface area contributed by atoms with Crippen molar-refractivity contribution in [3.63, 3.8) is 0 Å². The van der Waals surface area contributed by atoms with Crippen LogP contribution >= 0.6 is 0 Å². The second kappa shape index (κ2) is 5.51. The van der Waals surface area contributed by atoms with Crippen LogP contribution in [0.5, 0.6) is 5.75 Å². The van der Waals surface area contributed by atoms with Crippen molar-refractivity contribution in [2.24, 2.45) is 0 Å². The molecule has 1 aromatic carbocycles. The Morgan fingerprint density at radius 3 is 2.71 bits per heavy atom. The number of carbonyl (C=O) groups is 2. The Bertz CT molecular complexity index is 786. The number of aryl methyl sites for hydroxylation is 1. The third-order valence-electron chi connectivity index (χ3n) is 4.94. The summed E-state index contributed by atoms with van der Waals surface area (Å²) in [5, 5.41) is 0. The number of nitrogens with zero attached hydrogens (tertiary/aromatic N) is 1. The Morgan fingerprint density at radius 2 is 2.00 bits per heavy atom. The van der Waals surface area contributed by atoms with Crippen molar-refractivity contribution in [1.82, 2.24) is 4.90 Å². The number of carbonyl (C=O) groups excluding carboxylic acids is 2. The van der Waals surface area contributed by atoms with Gasteiger partial charge in [0.1, 0.15) is 11.4 Å². The number of amides is 1. The average Bonchev–Trinajstić information content (AvgIpc) is 3.10. The topological polar surface area (TPSA) is 59.8 Å². The van der Waals surface area contributed by atoms with Crippen molar-refractivity contribution in [2.75, 3.05) is 13.1 Å². The maximum Gasteiger partial charge on any atom is 0.289 e. The van der Waals surface area contributed by atoms with Gasteiger partial charge in [-0.1, -0.05) is 11.6 Å². The van der Waals surface area contributed by atoms with Crippen LogP contribution in [0.1, 0.15) is 45.7 Å². The first-order chi connectivity index (χ1) is 11.6. The van der Waals surface area contributed by atoms with E-state index in [4.69, 9.17) is 9.15 Å². The molecular formula is C19H19NO4. The molecule has 0 aliphatic carbocycles. The van der Waals surface area contributed by atoms with Gasteiger partial charge in [0.2, 0.25) is 0 Å². The number of rotatable bonds is 1. The van der Waals surface area contributed by atoms with Gasteiger partial charge < -0.3 is 14.1 Å². The van der Waals surface area contributed by atoms with Gasteiger partial charge >= 0.3 is 0 Å². The van der Waals surface area contributed by atoms with Gasteiger partial charge in [-0.05, 0) is 31.2 Å². The lowest BCUT2D eigenvalue weighted by Crippen LogP contribution is -2.52. The second-order valence-electron chi connectivity index (χ2n) is 6.65. The van der Waals surface area contributed by atoms with Crippen LogP contribution in [0.4, 0.5) is 0 Å². The highest BCUT2D eigenvalue weighted by atomic mass is 16.5. The minimum atomic E-state index is -0.487. The Morgan fingerprint density at radius 1 is 1.21 bits per heavy atom. The third kappa shape index (κ3) is 2.50. The smallest absolute Gasteiger partial charge is 0.289 e. The van der Waals surface area contributed by atoms with Crippen LogP contribution in [0.3, 0.4) is 0 Å². The van der Waals surface area contributed by atoms with E-state index >= 15 is 0 Å². The van der Waals surface area contributed by atoms with Crippen LogP contribution in [0, 0.1) is 6.92 Å². The van der Waals surface area contributed by atoms with E-state index in [1.807, 2.05) is 25.1 Å². The number of piperidine rings is 1. The van der Waals surface area contributed by atoms with Crippen LogP contribution in [-0.2, 0) is 0 Å².